The van der Waals surface area contributed by atoms with Gasteiger partial charge in [-0.2, -0.15) is 0 Å². The van der Waals surface area contributed by atoms with E-state index in [0.717, 1.165) is 12.6 Å². The first-order valence-corrected chi connectivity index (χ1v) is 7.48. The number of rotatable bonds is 11. The summed E-state index contributed by atoms with van der Waals surface area (Å²) in [5.74, 6) is 0. The topological polar surface area (TPSA) is 21.3 Å². The molecule has 0 spiro atoms. The minimum absolute atomic E-state index is 0.525. The molecule has 1 unspecified atom stereocenters. The van der Waals surface area contributed by atoms with E-state index >= 15 is 0 Å². The van der Waals surface area contributed by atoms with Crippen molar-refractivity contribution in [1.29, 1.82) is 0 Å². The van der Waals surface area contributed by atoms with Crippen molar-refractivity contribution in [3.8, 4) is 0 Å². The molecule has 0 heterocycles. The molecule has 0 bridgehead atoms. The highest BCUT2D eigenvalue weighted by atomic mass is 16.5. The van der Waals surface area contributed by atoms with Crippen LogP contribution in [0.1, 0.15) is 65.2 Å². The van der Waals surface area contributed by atoms with E-state index in [1.165, 1.54) is 57.9 Å². The molecule has 1 N–H and O–H groups in total. The highest BCUT2D eigenvalue weighted by Crippen LogP contribution is 2.34. The lowest BCUT2D eigenvalue weighted by Crippen LogP contribution is -2.35. The van der Waals surface area contributed by atoms with Crippen LogP contribution in [0.3, 0.4) is 0 Å². The third-order valence-corrected chi connectivity index (χ3v) is 4.21. The lowest BCUT2D eigenvalue weighted by Gasteiger charge is -2.33. The van der Waals surface area contributed by atoms with Gasteiger partial charge in [-0.05, 0) is 43.9 Å². The van der Waals surface area contributed by atoms with Gasteiger partial charge in [-0.3, -0.25) is 0 Å². The van der Waals surface area contributed by atoms with E-state index < -0.39 is 0 Å². The SMILES string of the molecule is CCCCC(CC)(CCCOC)CNC1CC1. The first-order valence-electron chi connectivity index (χ1n) is 7.48. The van der Waals surface area contributed by atoms with Gasteiger partial charge in [0.2, 0.25) is 0 Å². The first-order chi connectivity index (χ1) is 8.26. The highest BCUT2D eigenvalue weighted by Gasteiger charge is 2.30. The van der Waals surface area contributed by atoms with Crippen LogP contribution in [0, 0.1) is 5.41 Å². The molecule has 0 saturated heterocycles. The molecule has 1 aliphatic carbocycles. The number of methoxy groups -OCH3 is 1. The molecule has 2 heteroatoms. The zero-order valence-electron chi connectivity index (χ0n) is 12.1. The molecular weight excluding hydrogens is 210 g/mol. The number of nitrogens with one attached hydrogen (secondary N) is 1. The van der Waals surface area contributed by atoms with Crippen molar-refractivity contribution < 1.29 is 4.74 Å². The molecule has 0 radical (unpaired) electrons. The third-order valence-electron chi connectivity index (χ3n) is 4.21. The van der Waals surface area contributed by atoms with Crippen molar-refractivity contribution in [1.82, 2.24) is 5.32 Å². The quantitative estimate of drug-likeness (QED) is 0.556. The van der Waals surface area contributed by atoms with E-state index in [4.69, 9.17) is 4.74 Å². The lowest BCUT2D eigenvalue weighted by molar-refractivity contribution is 0.151. The van der Waals surface area contributed by atoms with Gasteiger partial charge in [0.1, 0.15) is 0 Å². The second kappa shape index (κ2) is 8.10. The van der Waals surface area contributed by atoms with Gasteiger partial charge >= 0.3 is 0 Å². The fourth-order valence-corrected chi connectivity index (χ4v) is 2.57. The number of ether oxygens (including phenoxy) is 1. The standard InChI is InChI=1S/C15H31NO/c1-4-6-10-15(5-2,11-7-12-17-3)13-16-14-8-9-14/h14,16H,4-13H2,1-3H3. The van der Waals surface area contributed by atoms with Gasteiger partial charge in [-0.25, -0.2) is 0 Å². The van der Waals surface area contributed by atoms with Crippen LogP contribution >= 0.6 is 0 Å². The van der Waals surface area contributed by atoms with Crippen molar-refractivity contribution >= 4 is 0 Å². The summed E-state index contributed by atoms with van der Waals surface area (Å²) < 4.78 is 5.20. The van der Waals surface area contributed by atoms with E-state index in [-0.39, 0.29) is 0 Å². The van der Waals surface area contributed by atoms with Crippen molar-refractivity contribution in [3.05, 3.63) is 0 Å². The summed E-state index contributed by atoms with van der Waals surface area (Å²) in [5.41, 5.74) is 0.525. The molecule has 1 atom stereocenters. The Morgan fingerprint density at radius 1 is 1.18 bits per heavy atom. The summed E-state index contributed by atoms with van der Waals surface area (Å²) in [6.07, 6.45) is 10.7. The summed E-state index contributed by atoms with van der Waals surface area (Å²) in [7, 11) is 1.81. The van der Waals surface area contributed by atoms with Crippen LogP contribution in [-0.4, -0.2) is 26.3 Å². The fraction of sp³-hybridized carbons (Fsp3) is 1.00. The highest BCUT2D eigenvalue weighted by molar-refractivity contribution is 4.87. The Morgan fingerprint density at radius 3 is 2.41 bits per heavy atom. The zero-order valence-corrected chi connectivity index (χ0v) is 12.1. The Labute approximate surface area is 108 Å². The van der Waals surface area contributed by atoms with Crippen LogP contribution in [0.25, 0.3) is 0 Å². The molecule has 0 amide bonds. The minimum atomic E-state index is 0.525. The Hall–Kier alpha value is -0.0800. The number of hydrogen-bond acceptors (Lipinski definition) is 2. The normalized spacial score (nSPS) is 19.2. The molecular formula is C15H31NO. The predicted octanol–water partition coefficient (Wildman–Crippen LogP) is 3.75. The Bertz CT molecular complexity index is 191. The summed E-state index contributed by atoms with van der Waals surface area (Å²) in [5, 5.41) is 3.74. The number of hydrogen-bond donors (Lipinski definition) is 1. The minimum Gasteiger partial charge on any atom is -0.385 e. The second-order valence-corrected chi connectivity index (χ2v) is 5.71. The van der Waals surface area contributed by atoms with E-state index in [1.807, 2.05) is 7.11 Å². The molecule has 102 valence electrons. The lowest BCUT2D eigenvalue weighted by atomic mass is 9.76. The van der Waals surface area contributed by atoms with Gasteiger partial charge in [0.25, 0.3) is 0 Å². The van der Waals surface area contributed by atoms with Crippen LogP contribution < -0.4 is 5.32 Å². The molecule has 1 rings (SSSR count). The molecule has 0 aromatic rings. The van der Waals surface area contributed by atoms with Crippen LogP contribution in [0.2, 0.25) is 0 Å². The van der Waals surface area contributed by atoms with Gasteiger partial charge in [-0.1, -0.05) is 26.7 Å². The maximum atomic E-state index is 5.20. The average molecular weight is 241 g/mol. The Kier molecular flexibility index (Phi) is 7.14. The molecule has 1 saturated carbocycles. The third kappa shape index (κ3) is 5.87. The van der Waals surface area contributed by atoms with E-state index in [9.17, 15) is 0 Å². The van der Waals surface area contributed by atoms with Gasteiger partial charge in [0, 0.05) is 26.3 Å². The summed E-state index contributed by atoms with van der Waals surface area (Å²) >= 11 is 0. The molecule has 17 heavy (non-hydrogen) atoms. The van der Waals surface area contributed by atoms with Crippen LogP contribution in [0.15, 0.2) is 0 Å². The summed E-state index contributed by atoms with van der Waals surface area (Å²) in [6, 6.07) is 0.838. The molecule has 2 nitrogen and oxygen atoms in total. The smallest absolute Gasteiger partial charge is 0.0462 e. The maximum Gasteiger partial charge on any atom is 0.0462 e. The molecule has 0 aliphatic heterocycles. The van der Waals surface area contributed by atoms with Gasteiger partial charge < -0.3 is 10.1 Å². The maximum absolute atomic E-state index is 5.20. The van der Waals surface area contributed by atoms with Crippen molar-refractivity contribution in [2.75, 3.05) is 20.3 Å². The van der Waals surface area contributed by atoms with E-state index in [0.29, 0.717) is 5.41 Å². The number of unbranched alkanes of at least 4 members (excludes halogenated alkanes) is 1. The molecule has 1 aliphatic rings. The Balaban J connectivity index is 2.37. The summed E-state index contributed by atoms with van der Waals surface area (Å²) in [4.78, 5) is 0. The largest absolute Gasteiger partial charge is 0.385 e. The van der Waals surface area contributed by atoms with Crippen LogP contribution in [0.4, 0.5) is 0 Å². The van der Waals surface area contributed by atoms with Crippen molar-refractivity contribution in [2.24, 2.45) is 5.41 Å². The average Bonchev–Trinajstić information content (AvgIpc) is 3.17. The molecule has 0 aromatic carbocycles. The fourth-order valence-electron chi connectivity index (χ4n) is 2.57. The van der Waals surface area contributed by atoms with Crippen molar-refractivity contribution in [2.45, 2.75) is 71.3 Å². The molecule has 1 fully saturated rings. The van der Waals surface area contributed by atoms with Crippen LogP contribution in [-0.2, 0) is 4.74 Å². The van der Waals surface area contributed by atoms with E-state index in [2.05, 4.69) is 19.2 Å². The van der Waals surface area contributed by atoms with Gasteiger partial charge in [-0.15, -0.1) is 0 Å². The first kappa shape index (κ1) is 15.0. The van der Waals surface area contributed by atoms with Gasteiger partial charge in [0.15, 0.2) is 0 Å². The zero-order chi connectivity index (χ0) is 12.6. The van der Waals surface area contributed by atoms with Gasteiger partial charge in [0.05, 0.1) is 0 Å². The Morgan fingerprint density at radius 2 is 1.88 bits per heavy atom. The summed E-state index contributed by atoms with van der Waals surface area (Å²) in [6.45, 7) is 6.79. The van der Waals surface area contributed by atoms with E-state index in [1.54, 1.807) is 0 Å². The molecule has 0 aromatic heterocycles. The second-order valence-electron chi connectivity index (χ2n) is 5.71. The van der Waals surface area contributed by atoms with Crippen molar-refractivity contribution in [3.63, 3.8) is 0 Å². The monoisotopic (exact) mass is 241 g/mol. The predicted molar refractivity (Wildman–Crippen MR) is 74.4 cm³/mol. The van der Waals surface area contributed by atoms with Crippen LogP contribution in [0.5, 0.6) is 0 Å².